The first kappa shape index (κ1) is 12.4. The highest BCUT2D eigenvalue weighted by atomic mass is 79.9. The molecule has 1 aliphatic rings. The van der Waals surface area contributed by atoms with Crippen LogP contribution in [0.15, 0.2) is 53.3 Å². The molecule has 0 saturated heterocycles. The molecule has 3 rings (SSSR count). The highest BCUT2D eigenvalue weighted by Crippen LogP contribution is 2.48. The van der Waals surface area contributed by atoms with Gasteiger partial charge in [0.15, 0.2) is 0 Å². The van der Waals surface area contributed by atoms with Crippen LogP contribution in [0.3, 0.4) is 0 Å². The van der Waals surface area contributed by atoms with Crippen LogP contribution in [0.5, 0.6) is 0 Å². The van der Waals surface area contributed by atoms with E-state index in [1.165, 1.54) is 0 Å². The van der Waals surface area contributed by atoms with Crippen molar-refractivity contribution in [2.24, 2.45) is 0 Å². The minimum atomic E-state index is -0.339. The molecule has 1 saturated carbocycles. The Morgan fingerprint density at radius 2 is 1.89 bits per heavy atom. The van der Waals surface area contributed by atoms with Crippen LogP contribution in [0.1, 0.15) is 18.4 Å². The fourth-order valence-electron chi connectivity index (χ4n) is 2.23. The molecule has 1 N–H and O–H groups in total. The number of halogens is 1. The summed E-state index contributed by atoms with van der Waals surface area (Å²) >= 11 is 3.28. The average molecular weight is 317 g/mol. The van der Waals surface area contributed by atoms with Gasteiger partial charge in [-0.05, 0) is 46.5 Å². The van der Waals surface area contributed by atoms with E-state index in [-0.39, 0.29) is 11.3 Å². The molecule has 0 atom stereocenters. The molecule has 1 aromatic heterocycles. The quantitative estimate of drug-likeness (QED) is 0.880. The van der Waals surface area contributed by atoms with E-state index in [0.717, 1.165) is 28.7 Å². The standard InChI is InChI=1S/C15H13BrN2O/c16-13-7-6-12(10-17-13)18-14(19)15(8-9-15)11-4-2-1-3-5-11/h1-7,10H,8-9H2,(H,18,19). The van der Waals surface area contributed by atoms with Gasteiger partial charge in [-0.2, -0.15) is 0 Å². The van der Waals surface area contributed by atoms with E-state index in [4.69, 9.17) is 0 Å². The number of rotatable bonds is 3. The highest BCUT2D eigenvalue weighted by molar-refractivity contribution is 9.10. The maximum Gasteiger partial charge on any atom is 0.235 e. The average Bonchev–Trinajstić information content (AvgIpc) is 3.24. The van der Waals surface area contributed by atoms with Gasteiger partial charge in [0.1, 0.15) is 4.60 Å². The van der Waals surface area contributed by atoms with Gasteiger partial charge in [0, 0.05) is 0 Å². The monoisotopic (exact) mass is 316 g/mol. The Bertz CT molecular complexity index is 591. The molecule has 0 bridgehead atoms. The van der Waals surface area contributed by atoms with Crippen LogP contribution in [0.25, 0.3) is 0 Å². The van der Waals surface area contributed by atoms with Crippen LogP contribution in [-0.2, 0) is 10.2 Å². The molecule has 1 heterocycles. The maximum atomic E-state index is 12.4. The number of carbonyl (C=O) groups is 1. The normalized spacial score (nSPS) is 15.8. The lowest BCUT2D eigenvalue weighted by atomic mass is 9.95. The summed E-state index contributed by atoms with van der Waals surface area (Å²) in [6.45, 7) is 0. The van der Waals surface area contributed by atoms with Crippen LogP contribution >= 0.6 is 15.9 Å². The highest BCUT2D eigenvalue weighted by Gasteiger charge is 2.51. The predicted octanol–water partition coefficient (Wildman–Crippen LogP) is 3.51. The van der Waals surface area contributed by atoms with Crippen molar-refractivity contribution in [3.8, 4) is 0 Å². The van der Waals surface area contributed by atoms with Crippen molar-refractivity contribution in [2.45, 2.75) is 18.3 Å². The lowest BCUT2D eigenvalue weighted by Crippen LogP contribution is -2.27. The fourth-order valence-corrected chi connectivity index (χ4v) is 2.46. The Morgan fingerprint density at radius 3 is 2.47 bits per heavy atom. The molecule has 0 radical (unpaired) electrons. The third-order valence-corrected chi connectivity index (χ3v) is 3.97. The molecule has 4 heteroatoms. The largest absolute Gasteiger partial charge is 0.324 e. The number of aromatic nitrogens is 1. The molecular formula is C15H13BrN2O. The van der Waals surface area contributed by atoms with Gasteiger partial charge < -0.3 is 5.32 Å². The number of nitrogens with zero attached hydrogens (tertiary/aromatic N) is 1. The zero-order valence-corrected chi connectivity index (χ0v) is 11.9. The van der Waals surface area contributed by atoms with E-state index in [0.29, 0.717) is 0 Å². The number of benzene rings is 1. The first-order valence-electron chi connectivity index (χ1n) is 6.19. The first-order valence-corrected chi connectivity index (χ1v) is 6.99. The first-order chi connectivity index (χ1) is 9.21. The number of amides is 1. The minimum Gasteiger partial charge on any atom is -0.324 e. The summed E-state index contributed by atoms with van der Waals surface area (Å²) in [4.78, 5) is 16.5. The number of nitrogens with one attached hydrogen (secondary N) is 1. The van der Waals surface area contributed by atoms with Crippen LogP contribution < -0.4 is 5.32 Å². The lowest BCUT2D eigenvalue weighted by Gasteiger charge is -2.15. The van der Waals surface area contributed by atoms with E-state index < -0.39 is 0 Å². The van der Waals surface area contributed by atoms with E-state index in [1.807, 2.05) is 42.5 Å². The molecule has 3 nitrogen and oxygen atoms in total. The summed E-state index contributed by atoms with van der Waals surface area (Å²) < 4.78 is 0.759. The Labute approximate surface area is 120 Å². The number of hydrogen-bond acceptors (Lipinski definition) is 2. The Morgan fingerprint density at radius 1 is 1.16 bits per heavy atom. The van der Waals surface area contributed by atoms with Crippen LogP contribution in [-0.4, -0.2) is 10.9 Å². The van der Waals surface area contributed by atoms with Gasteiger partial charge in [-0.25, -0.2) is 4.98 Å². The van der Waals surface area contributed by atoms with Crippen LogP contribution in [0.4, 0.5) is 5.69 Å². The lowest BCUT2D eigenvalue weighted by molar-refractivity contribution is -0.118. The van der Waals surface area contributed by atoms with E-state index in [9.17, 15) is 4.79 Å². The molecule has 96 valence electrons. The molecular weight excluding hydrogens is 304 g/mol. The topological polar surface area (TPSA) is 42.0 Å². The second-order valence-corrected chi connectivity index (χ2v) is 5.58. The molecule has 1 aromatic carbocycles. The SMILES string of the molecule is O=C(Nc1ccc(Br)nc1)C1(c2ccccc2)CC1. The van der Waals surface area contributed by atoms with Gasteiger partial charge in [0.25, 0.3) is 0 Å². The van der Waals surface area contributed by atoms with Gasteiger partial charge in [-0.15, -0.1) is 0 Å². The maximum absolute atomic E-state index is 12.4. The zero-order valence-electron chi connectivity index (χ0n) is 10.3. The summed E-state index contributed by atoms with van der Waals surface area (Å²) in [7, 11) is 0. The van der Waals surface area contributed by atoms with Gasteiger partial charge in [0.2, 0.25) is 5.91 Å². The van der Waals surface area contributed by atoms with Crippen LogP contribution in [0, 0.1) is 0 Å². The molecule has 19 heavy (non-hydrogen) atoms. The van der Waals surface area contributed by atoms with Crippen molar-refractivity contribution in [3.63, 3.8) is 0 Å². The molecule has 0 aliphatic heterocycles. The summed E-state index contributed by atoms with van der Waals surface area (Å²) in [5.41, 5.74) is 1.49. The predicted molar refractivity (Wildman–Crippen MR) is 77.9 cm³/mol. The Balaban J connectivity index is 1.79. The van der Waals surface area contributed by atoms with E-state index >= 15 is 0 Å². The molecule has 0 spiro atoms. The molecule has 0 unspecified atom stereocenters. The molecule has 1 aliphatic carbocycles. The van der Waals surface area contributed by atoms with E-state index in [1.54, 1.807) is 6.20 Å². The zero-order chi connectivity index (χ0) is 13.3. The van der Waals surface area contributed by atoms with Crippen molar-refractivity contribution in [3.05, 3.63) is 58.8 Å². The summed E-state index contributed by atoms with van der Waals surface area (Å²) in [6.07, 6.45) is 3.47. The second kappa shape index (κ2) is 4.78. The third-order valence-electron chi connectivity index (χ3n) is 3.50. The van der Waals surface area contributed by atoms with Gasteiger partial charge in [-0.1, -0.05) is 30.3 Å². The van der Waals surface area contributed by atoms with Gasteiger partial charge in [0.05, 0.1) is 17.3 Å². The number of hydrogen-bond donors (Lipinski definition) is 1. The second-order valence-electron chi connectivity index (χ2n) is 4.77. The smallest absolute Gasteiger partial charge is 0.235 e. The van der Waals surface area contributed by atoms with Crippen molar-refractivity contribution < 1.29 is 4.79 Å². The number of pyridine rings is 1. The van der Waals surface area contributed by atoms with Crippen LogP contribution in [0.2, 0.25) is 0 Å². The van der Waals surface area contributed by atoms with Crippen molar-refractivity contribution in [1.29, 1.82) is 0 Å². The Hall–Kier alpha value is -1.68. The van der Waals surface area contributed by atoms with Crippen molar-refractivity contribution in [1.82, 2.24) is 4.98 Å². The number of carbonyl (C=O) groups excluding carboxylic acids is 1. The minimum absolute atomic E-state index is 0.0582. The summed E-state index contributed by atoms with van der Waals surface area (Å²) in [5, 5.41) is 2.95. The van der Waals surface area contributed by atoms with Crippen molar-refractivity contribution >= 4 is 27.5 Å². The Kier molecular flexibility index (Phi) is 3.11. The molecule has 1 fully saturated rings. The van der Waals surface area contributed by atoms with Crippen molar-refractivity contribution in [2.75, 3.05) is 5.32 Å². The fraction of sp³-hybridized carbons (Fsp3) is 0.200. The molecule has 2 aromatic rings. The number of anilines is 1. The van der Waals surface area contributed by atoms with Gasteiger partial charge >= 0.3 is 0 Å². The summed E-state index contributed by atoms with van der Waals surface area (Å²) in [6, 6.07) is 13.6. The molecule has 1 amide bonds. The summed E-state index contributed by atoms with van der Waals surface area (Å²) in [5.74, 6) is 0.0582. The third kappa shape index (κ3) is 2.40. The van der Waals surface area contributed by atoms with E-state index in [2.05, 4.69) is 26.2 Å². The van der Waals surface area contributed by atoms with Gasteiger partial charge in [-0.3, -0.25) is 4.79 Å².